The van der Waals surface area contributed by atoms with E-state index in [0.29, 0.717) is 23.1 Å². The third-order valence-electron chi connectivity index (χ3n) is 6.92. The number of benzene rings is 2. The monoisotopic (exact) mass is 653 g/mol. The zero-order chi connectivity index (χ0) is 31.4. The number of pyridine rings is 1. The Hall–Kier alpha value is -3.93. The fraction of sp³-hybridized carbons (Fsp3) is 0.290. The predicted molar refractivity (Wildman–Crippen MR) is 177 cm³/mol. The van der Waals surface area contributed by atoms with Crippen molar-refractivity contribution in [3.05, 3.63) is 76.5 Å². The standard InChI is InChI=1S/C31H33Cl2N7O3S/c1-31(2,3)24-18-26(40(38-24)19-7-9-21(44-4)10-8-19)37-29(41)35-22-11-12-23(28(33)27(22)32)43-20-13-14-34-25(17-20)36-30(42)39-15-5-6-16-39/h7-14,17-18H,5-6,15-16H2,1-4H3,(H,34,36,42)(H2,35,37,41). The molecule has 3 heterocycles. The molecule has 0 bridgehead atoms. The number of amides is 4. The van der Waals surface area contributed by atoms with Gasteiger partial charge >= 0.3 is 12.1 Å². The molecule has 44 heavy (non-hydrogen) atoms. The number of nitrogens with zero attached hydrogens (tertiary/aromatic N) is 4. The first kappa shape index (κ1) is 31.5. The number of anilines is 3. The normalized spacial score (nSPS) is 13.1. The van der Waals surface area contributed by atoms with Crippen LogP contribution in [-0.2, 0) is 5.41 Å². The Balaban J connectivity index is 1.29. The van der Waals surface area contributed by atoms with Crippen LogP contribution in [0.2, 0.25) is 10.0 Å². The minimum absolute atomic E-state index is 0.104. The van der Waals surface area contributed by atoms with Crippen LogP contribution >= 0.6 is 35.0 Å². The molecule has 0 spiro atoms. The molecule has 2 aromatic heterocycles. The Kier molecular flexibility index (Phi) is 9.57. The largest absolute Gasteiger partial charge is 0.456 e. The fourth-order valence-corrected chi connectivity index (χ4v) is 5.33. The van der Waals surface area contributed by atoms with E-state index in [2.05, 4.69) is 41.7 Å². The van der Waals surface area contributed by atoms with Crippen LogP contribution in [0.3, 0.4) is 0 Å². The van der Waals surface area contributed by atoms with E-state index in [1.54, 1.807) is 45.6 Å². The van der Waals surface area contributed by atoms with Gasteiger partial charge in [-0.15, -0.1) is 11.8 Å². The molecule has 10 nitrogen and oxygen atoms in total. The number of thioether (sulfide) groups is 1. The summed E-state index contributed by atoms with van der Waals surface area (Å²) in [4.78, 5) is 32.6. The summed E-state index contributed by atoms with van der Waals surface area (Å²) < 4.78 is 7.65. The molecule has 0 atom stereocenters. The topological polar surface area (TPSA) is 113 Å². The molecule has 0 radical (unpaired) electrons. The molecule has 230 valence electrons. The summed E-state index contributed by atoms with van der Waals surface area (Å²) in [7, 11) is 0. The van der Waals surface area contributed by atoms with Gasteiger partial charge in [0.1, 0.15) is 28.2 Å². The number of hydrogen-bond acceptors (Lipinski definition) is 6. The molecule has 5 rings (SSSR count). The number of nitrogens with one attached hydrogen (secondary N) is 3. The minimum Gasteiger partial charge on any atom is -0.456 e. The number of carbonyl (C=O) groups excluding carboxylic acids is 2. The maximum Gasteiger partial charge on any atom is 0.324 e. The lowest BCUT2D eigenvalue weighted by Crippen LogP contribution is -2.32. The van der Waals surface area contributed by atoms with Gasteiger partial charge in [-0.3, -0.25) is 10.6 Å². The smallest absolute Gasteiger partial charge is 0.324 e. The lowest BCUT2D eigenvalue weighted by atomic mass is 9.92. The molecule has 0 unspecified atom stereocenters. The van der Waals surface area contributed by atoms with Crippen LogP contribution < -0.4 is 20.7 Å². The van der Waals surface area contributed by atoms with Crippen molar-refractivity contribution in [3.8, 4) is 17.2 Å². The molecule has 3 N–H and O–H groups in total. The van der Waals surface area contributed by atoms with Gasteiger partial charge in [0.05, 0.1) is 22.1 Å². The van der Waals surface area contributed by atoms with Crippen LogP contribution in [0, 0.1) is 0 Å². The molecule has 2 aromatic carbocycles. The Bertz CT molecular complexity index is 1670. The van der Waals surface area contributed by atoms with Crippen LogP contribution in [-0.4, -0.2) is 51.1 Å². The number of carbonyl (C=O) groups is 2. The van der Waals surface area contributed by atoms with E-state index in [-0.39, 0.29) is 27.2 Å². The highest BCUT2D eigenvalue weighted by molar-refractivity contribution is 7.98. The molecular weight excluding hydrogens is 621 g/mol. The summed E-state index contributed by atoms with van der Waals surface area (Å²) in [5, 5.41) is 13.4. The third kappa shape index (κ3) is 7.40. The van der Waals surface area contributed by atoms with Gasteiger partial charge in [-0.2, -0.15) is 5.10 Å². The summed E-state index contributed by atoms with van der Waals surface area (Å²) in [6.07, 6.45) is 5.52. The van der Waals surface area contributed by atoms with Crippen molar-refractivity contribution in [2.75, 3.05) is 35.3 Å². The summed E-state index contributed by atoms with van der Waals surface area (Å²) in [5.74, 6) is 1.52. The van der Waals surface area contributed by atoms with Crippen LogP contribution in [0.25, 0.3) is 5.69 Å². The molecule has 0 aliphatic carbocycles. The van der Waals surface area contributed by atoms with Crippen molar-refractivity contribution >= 4 is 64.3 Å². The number of hydrogen-bond donors (Lipinski definition) is 3. The quantitative estimate of drug-likeness (QED) is 0.172. The average molecular weight is 655 g/mol. The number of urea groups is 2. The Morgan fingerprint density at radius 3 is 2.34 bits per heavy atom. The number of likely N-dealkylation sites (tertiary alicyclic amines) is 1. The molecule has 1 aliphatic rings. The van der Waals surface area contributed by atoms with Crippen molar-refractivity contribution in [1.82, 2.24) is 19.7 Å². The highest BCUT2D eigenvalue weighted by Crippen LogP contribution is 2.40. The van der Waals surface area contributed by atoms with Gasteiger partial charge in [0.15, 0.2) is 0 Å². The van der Waals surface area contributed by atoms with E-state index in [0.717, 1.165) is 42.2 Å². The lowest BCUT2D eigenvalue weighted by molar-refractivity contribution is 0.222. The van der Waals surface area contributed by atoms with E-state index < -0.39 is 6.03 Å². The first-order valence-corrected chi connectivity index (χ1v) is 16.0. The molecule has 1 fully saturated rings. The van der Waals surface area contributed by atoms with Crippen molar-refractivity contribution in [3.63, 3.8) is 0 Å². The number of halogens is 2. The van der Waals surface area contributed by atoms with Crippen molar-refractivity contribution in [2.24, 2.45) is 0 Å². The SMILES string of the molecule is CSc1ccc(-n2nc(C(C)(C)C)cc2NC(=O)Nc2ccc(Oc3ccnc(NC(=O)N4CCCC4)c3)c(Cl)c2Cl)cc1. The summed E-state index contributed by atoms with van der Waals surface area (Å²) >= 11 is 14.8. The number of aromatic nitrogens is 3. The minimum atomic E-state index is -0.522. The van der Waals surface area contributed by atoms with Gasteiger partial charge in [-0.05, 0) is 61.6 Å². The van der Waals surface area contributed by atoms with Crippen LogP contribution in [0.4, 0.5) is 26.9 Å². The fourth-order valence-electron chi connectivity index (χ4n) is 4.51. The zero-order valence-corrected chi connectivity index (χ0v) is 27.1. The maximum atomic E-state index is 13.1. The van der Waals surface area contributed by atoms with Crippen molar-refractivity contribution in [2.45, 2.75) is 43.9 Å². The second-order valence-electron chi connectivity index (χ2n) is 11.2. The average Bonchev–Trinajstić information content (AvgIpc) is 3.68. The second-order valence-corrected chi connectivity index (χ2v) is 12.8. The Morgan fingerprint density at radius 1 is 0.932 bits per heavy atom. The van der Waals surface area contributed by atoms with E-state index in [1.165, 1.54) is 6.20 Å². The molecule has 1 saturated heterocycles. The van der Waals surface area contributed by atoms with E-state index >= 15 is 0 Å². The molecular formula is C31H33Cl2N7O3S. The Morgan fingerprint density at radius 2 is 1.66 bits per heavy atom. The van der Waals surface area contributed by atoms with Gasteiger partial charge in [0.25, 0.3) is 0 Å². The summed E-state index contributed by atoms with van der Waals surface area (Å²) in [6, 6.07) is 15.5. The highest BCUT2D eigenvalue weighted by atomic mass is 35.5. The maximum absolute atomic E-state index is 13.1. The molecule has 4 aromatic rings. The van der Waals surface area contributed by atoms with Crippen molar-refractivity contribution in [1.29, 1.82) is 0 Å². The van der Waals surface area contributed by atoms with Gasteiger partial charge in [0, 0.05) is 41.7 Å². The van der Waals surface area contributed by atoms with Gasteiger partial charge < -0.3 is 15.0 Å². The summed E-state index contributed by atoms with van der Waals surface area (Å²) in [5.41, 5.74) is 1.69. The van der Waals surface area contributed by atoms with E-state index in [4.69, 9.17) is 33.0 Å². The van der Waals surface area contributed by atoms with Gasteiger partial charge in [-0.1, -0.05) is 44.0 Å². The van der Waals surface area contributed by atoms with Crippen LogP contribution in [0.1, 0.15) is 39.3 Å². The molecule has 0 saturated carbocycles. The Labute approximate surface area is 270 Å². The van der Waals surface area contributed by atoms with Gasteiger partial charge in [-0.25, -0.2) is 19.3 Å². The first-order valence-electron chi connectivity index (χ1n) is 14.0. The van der Waals surface area contributed by atoms with Crippen LogP contribution in [0.5, 0.6) is 11.5 Å². The predicted octanol–water partition coefficient (Wildman–Crippen LogP) is 8.66. The van der Waals surface area contributed by atoms with Crippen molar-refractivity contribution < 1.29 is 14.3 Å². The highest BCUT2D eigenvalue weighted by Gasteiger charge is 2.23. The van der Waals surface area contributed by atoms with Gasteiger partial charge in [0.2, 0.25) is 0 Å². The number of ether oxygens (including phenoxy) is 1. The first-order chi connectivity index (χ1) is 21.0. The molecule has 13 heteroatoms. The second kappa shape index (κ2) is 13.4. The molecule has 4 amide bonds. The van der Waals surface area contributed by atoms with Crippen LogP contribution in [0.15, 0.2) is 65.7 Å². The third-order valence-corrected chi connectivity index (χ3v) is 8.53. The number of rotatable bonds is 7. The molecule has 1 aliphatic heterocycles. The summed E-state index contributed by atoms with van der Waals surface area (Å²) in [6.45, 7) is 7.62. The van der Waals surface area contributed by atoms with E-state index in [9.17, 15) is 9.59 Å². The lowest BCUT2D eigenvalue weighted by Gasteiger charge is -2.16. The van der Waals surface area contributed by atoms with E-state index in [1.807, 2.05) is 36.6 Å². The zero-order valence-electron chi connectivity index (χ0n) is 24.8.